The van der Waals surface area contributed by atoms with Crippen LogP contribution in [0.1, 0.15) is 123 Å². The fourth-order valence-corrected chi connectivity index (χ4v) is 11.0. The van der Waals surface area contributed by atoms with Crippen LogP contribution >= 0.6 is 0 Å². The maximum atomic E-state index is 5.01. The first-order valence-electron chi connectivity index (χ1n) is 18.9. The summed E-state index contributed by atoms with van der Waals surface area (Å²) in [5.74, 6) is 6.47. The first-order valence-corrected chi connectivity index (χ1v) is 18.9. The highest BCUT2D eigenvalue weighted by Crippen LogP contribution is 2.61. The summed E-state index contributed by atoms with van der Waals surface area (Å²) in [4.78, 5) is 17.4. The molecule has 0 spiro atoms. The van der Waals surface area contributed by atoms with Crippen molar-refractivity contribution in [3.63, 3.8) is 0 Å². The normalized spacial score (nSPS) is 31.4. The Morgan fingerprint density at radius 1 is 0.667 bits per heavy atom. The van der Waals surface area contributed by atoms with Gasteiger partial charge in [0.15, 0.2) is 0 Å². The Hall–Kier alpha value is -3.74. The van der Waals surface area contributed by atoms with E-state index in [9.17, 15) is 0 Å². The predicted molar refractivity (Wildman–Crippen MR) is 192 cm³/mol. The van der Waals surface area contributed by atoms with Gasteiger partial charge in [-0.15, -0.1) is 0 Å². The second-order valence-corrected chi connectivity index (χ2v) is 16.5. The lowest BCUT2D eigenvalue weighted by Gasteiger charge is -2.32. The Morgan fingerprint density at radius 2 is 1.38 bits per heavy atom. The molecule has 2 aromatic heterocycles. The smallest absolute Gasteiger partial charge is 0.124 e. The van der Waals surface area contributed by atoms with Gasteiger partial charge < -0.3 is 20.6 Å². The third-order valence-corrected chi connectivity index (χ3v) is 13.5. The number of nitrogens with zero attached hydrogens (tertiary/aromatic N) is 2. The highest BCUT2D eigenvalue weighted by atomic mass is 15.1. The van der Waals surface area contributed by atoms with Crippen molar-refractivity contribution in [1.82, 2.24) is 30.6 Å². The van der Waals surface area contributed by atoms with Gasteiger partial charge >= 0.3 is 0 Å². The average Bonchev–Trinajstić information content (AvgIpc) is 3.93. The van der Waals surface area contributed by atoms with E-state index in [1.807, 2.05) is 0 Å². The number of aromatic amines is 2. The van der Waals surface area contributed by atoms with E-state index in [0.717, 1.165) is 54.5 Å². The molecule has 4 aliphatic carbocycles. The molecule has 3 aromatic carbocycles. The van der Waals surface area contributed by atoms with Crippen molar-refractivity contribution in [2.45, 2.75) is 95.1 Å². The van der Waals surface area contributed by atoms with E-state index in [1.54, 1.807) is 22.3 Å². The molecule has 4 N–H and O–H groups in total. The summed E-state index contributed by atoms with van der Waals surface area (Å²) in [5, 5.41) is 7.33. The van der Waals surface area contributed by atoms with Gasteiger partial charge in [-0.3, -0.25) is 0 Å². The molecule has 8 unspecified atom stereocenters. The lowest BCUT2D eigenvalue weighted by atomic mass is 9.72. The van der Waals surface area contributed by atoms with E-state index in [1.165, 1.54) is 72.0 Å². The van der Waals surface area contributed by atoms with E-state index in [2.05, 4.69) is 83.1 Å². The molecule has 244 valence electrons. The number of hydrogen-bond donors (Lipinski definition) is 4. The SMILES string of the molecule is CC1CNC(c2ncc(-c3ccc(-c4ccc(-c5ccc6nc(C7CC(C)CN7)[nH]c6c5)c5c4C4CCC5C4)c4c3CC3CCC43)[nH]2)C1. The molecule has 2 saturated heterocycles. The summed E-state index contributed by atoms with van der Waals surface area (Å²) in [5.41, 5.74) is 17.2. The van der Waals surface area contributed by atoms with Gasteiger partial charge in [-0.25, -0.2) is 9.97 Å². The average molecular weight is 635 g/mol. The Kier molecular flexibility index (Phi) is 6.09. The zero-order valence-electron chi connectivity index (χ0n) is 28.2. The van der Waals surface area contributed by atoms with E-state index < -0.39 is 0 Å². The van der Waals surface area contributed by atoms with Gasteiger partial charge in [0.1, 0.15) is 11.6 Å². The molecule has 2 bridgehead atoms. The van der Waals surface area contributed by atoms with Gasteiger partial charge in [-0.05, 0) is 157 Å². The fraction of sp³-hybridized carbons (Fsp3) is 0.476. The van der Waals surface area contributed by atoms with Crippen LogP contribution in [0.25, 0.3) is 44.5 Å². The van der Waals surface area contributed by atoms with Gasteiger partial charge in [0, 0.05) is 5.56 Å². The van der Waals surface area contributed by atoms with Crippen LogP contribution in [0.2, 0.25) is 0 Å². The number of hydrogen-bond acceptors (Lipinski definition) is 4. The molecule has 11 rings (SSSR count). The minimum Gasteiger partial charge on any atom is -0.341 e. The zero-order valence-corrected chi connectivity index (χ0v) is 28.2. The molecule has 5 aromatic rings. The number of benzene rings is 3. The zero-order chi connectivity index (χ0) is 31.7. The summed E-state index contributed by atoms with van der Waals surface area (Å²) in [6, 6.07) is 17.5. The standard InChI is InChI=1S/C42H46N6/c1-21-13-35(43-18-21)41-45-20-37(48-41)29-9-11-31(40-28-7-5-23(28)16-32(29)40)30-10-8-27(38-25-3-4-26(15-25)39(30)38)24-6-12-33-34(17-24)47-42(46-33)36-14-22(2)19-44-36/h6,8-12,17,20-23,25-26,28,35-36,43-44H,3-5,7,13-16,18-19H2,1-2H3,(H,45,48)(H,46,47). The Bertz CT molecular complexity index is 2100. The van der Waals surface area contributed by atoms with Crippen molar-refractivity contribution >= 4 is 11.0 Å². The fourth-order valence-electron chi connectivity index (χ4n) is 11.0. The van der Waals surface area contributed by atoms with Crippen molar-refractivity contribution in [2.75, 3.05) is 13.1 Å². The first kappa shape index (κ1) is 28.1. The van der Waals surface area contributed by atoms with E-state index in [-0.39, 0.29) is 0 Å². The quantitative estimate of drug-likeness (QED) is 0.156. The van der Waals surface area contributed by atoms with Gasteiger partial charge in [0.25, 0.3) is 0 Å². The van der Waals surface area contributed by atoms with Crippen LogP contribution in [-0.2, 0) is 6.42 Å². The molecule has 4 fully saturated rings. The molecular formula is C42H46N6. The van der Waals surface area contributed by atoms with Crippen molar-refractivity contribution in [1.29, 1.82) is 0 Å². The van der Waals surface area contributed by atoms with Crippen LogP contribution in [0.15, 0.2) is 48.7 Å². The third kappa shape index (κ3) is 4.11. The van der Waals surface area contributed by atoms with E-state index >= 15 is 0 Å². The van der Waals surface area contributed by atoms with Crippen LogP contribution < -0.4 is 10.6 Å². The molecule has 6 nitrogen and oxygen atoms in total. The van der Waals surface area contributed by atoms with Gasteiger partial charge in [0.05, 0.1) is 35.0 Å². The second kappa shape index (κ2) is 10.4. The molecule has 0 amide bonds. The molecule has 4 heterocycles. The van der Waals surface area contributed by atoms with Gasteiger partial charge in [-0.1, -0.05) is 44.2 Å². The molecule has 2 saturated carbocycles. The molecule has 6 heteroatoms. The maximum Gasteiger partial charge on any atom is 0.124 e. The minimum absolute atomic E-state index is 0.335. The molecule has 0 radical (unpaired) electrons. The maximum absolute atomic E-state index is 5.01. The number of fused-ring (bicyclic) bond motifs is 9. The van der Waals surface area contributed by atoms with Gasteiger partial charge in [0.2, 0.25) is 0 Å². The van der Waals surface area contributed by atoms with E-state index in [4.69, 9.17) is 9.97 Å². The van der Waals surface area contributed by atoms with Crippen LogP contribution in [0, 0.1) is 17.8 Å². The lowest BCUT2D eigenvalue weighted by molar-refractivity contribution is 0.281. The summed E-state index contributed by atoms with van der Waals surface area (Å²) in [6.45, 7) is 6.80. The van der Waals surface area contributed by atoms with Crippen LogP contribution in [0.5, 0.6) is 0 Å². The third-order valence-electron chi connectivity index (χ3n) is 13.5. The van der Waals surface area contributed by atoms with Crippen molar-refractivity contribution in [3.8, 4) is 33.5 Å². The number of aromatic nitrogens is 4. The van der Waals surface area contributed by atoms with E-state index in [0.29, 0.717) is 41.7 Å². The molecular weight excluding hydrogens is 589 g/mol. The number of rotatable bonds is 5. The summed E-state index contributed by atoms with van der Waals surface area (Å²) in [6.07, 6.45) is 12.3. The summed E-state index contributed by atoms with van der Waals surface area (Å²) >= 11 is 0. The molecule has 48 heavy (non-hydrogen) atoms. The molecule has 2 aliphatic heterocycles. The Labute approximate surface area is 283 Å². The second-order valence-electron chi connectivity index (χ2n) is 16.5. The van der Waals surface area contributed by atoms with Crippen LogP contribution in [0.4, 0.5) is 0 Å². The minimum atomic E-state index is 0.335. The van der Waals surface area contributed by atoms with Crippen molar-refractivity contribution in [3.05, 3.63) is 82.6 Å². The number of nitrogens with one attached hydrogen (secondary N) is 4. The summed E-state index contributed by atoms with van der Waals surface area (Å²) in [7, 11) is 0. The van der Waals surface area contributed by atoms with Crippen LogP contribution in [0.3, 0.4) is 0 Å². The first-order chi connectivity index (χ1) is 23.6. The highest BCUT2D eigenvalue weighted by molar-refractivity contribution is 5.88. The Morgan fingerprint density at radius 3 is 2.10 bits per heavy atom. The molecule has 8 atom stereocenters. The molecule has 6 aliphatic rings. The predicted octanol–water partition coefficient (Wildman–Crippen LogP) is 9.04. The Balaban J connectivity index is 1.00. The monoisotopic (exact) mass is 634 g/mol. The van der Waals surface area contributed by atoms with Gasteiger partial charge in [-0.2, -0.15) is 0 Å². The highest BCUT2D eigenvalue weighted by Gasteiger charge is 2.45. The van der Waals surface area contributed by atoms with Crippen molar-refractivity contribution in [2.24, 2.45) is 17.8 Å². The summed E-state index contributed by atoms with van der Waals surface area (Å²) < 4.78 is 0. The largest absolute Gasteiger partial charge is 0.341 e. The lowest BCUT2D eigenvalue weighted by Crippen LogP contribution is -2.19. The van der Waals surface area contributed by atoms with Crippen LogP contribution in [-0.4, -0.2) is 33.0 Å². The topological polar surface area (TPSA) is 81.4 Å². The number of imidazole rings is 2. The number of H-pyrrole nitrogens is 2. The van der Waals surface area contributed by atoms with Crippen molar-refractivity contribution < 1.29 is 0 Å².